The van der Waals surface area contributed by atoms with E-state index in [1.165, 1.54) is 64.8 Å². The van der Waals surface area contributed by atoms with Crippen molar-refractivity contribution in [3.8, 4) is 44.8 Å². The van der Waals surface area contributed by atoms with Gasteiger partial charge in [0.25, 0.3) is 0 Å². The highest BCUT2D eigenvalue weighted by molar-refractivity contribution is 7.19. The highest BCUT2D eigenvalue weighted by Gasteiger charge is 2.43. The molecule has 0 amide bonds. The molecule has 0 spiro atoms. The molecule has 0 N–H and O–H groups in total. The number of hydrogen-bond acceptors (Lipinski definition) is 3. The lowest BCUT2D eigenvalue weighted by molar-refractivity contribution is 0.0734. The van der Waals surface area contributed by atoms with Gasteiger partial charge >= 0.3 is 5.97 Å². The maximum absolute atomic E-state index is 14.3. The van der Waals surface area contributed by atoms with E-state index in [0.29, 0.717) is 11.3 Å². The van der Waals surface area contributed by atoms with Crippen molar-refractivity contribution in [1.82, 2.24) is 4.57 Å². The van der Waals surface area contributed by atoms with E-state index in [-0.39, 0.29) is 11.4 Å². The molecule has 0 aliphatic heterocycles. The Kier molecular flexibility index (Phi) is 11.1. The van der Waals surface area contributed by atoms with E-state index in [1.807, 2.05) is 30.3 Å². The molecule has 1 aliphatic carbocycles. The largest absolute Gasteiger partial charge is 0.456 e. The van der Waals surface area contributed by atoms with E-state index in [1.54, 1.807) is 0 Å². The quantitative estimate of drug-likeness (QED) is 0.0561. The van der Waals surface area contributed by atoms with Crippen molar-refractivity contribution in [1.29, 1.82) is 0 Å². The van der Waals surface area contributed by atoms with Gasteiger partial charge in [-0.2, -0.15) is 0 Å². The Balaban J connectivity index is 0.774. The summed E-state index contributed by atoms with van der Waals surface area (Å²) in [6.07, 6.45) is 1.78. The van der Waals surface area contributed by atoms with Gasteiger partial charge in [-0.05, 0) is 151 Å². The standard InChI is InChI=1S/C72H53NO3Si/c1-3-72(4-2)65-45-52(34-38-59(65)60-39-36-53(46-66(60)72)73-67-32-16-14-30-61(67)62-31-15-17-33-68(62)73)71(74)75-54-37-41-70-64(47-54)63-44-51(35-40-69(63)76-70)49-21-18-20-48(42-49)50-22-19-29-58(43-50)77(55-23-8-5-9-24-55,56-25-10-6-11-26-56)57-27-12-7-13-28-57/h5-47H,3-4H2,1-2H3. The molecular formula is C72H53NO3Si. The molecule has 0 radical (unpaired) electrons. The second-order valence-corrected chi connectivity index (χ2v) is 24.3. The summed E-state index contributed by atoms with van der Waals surface area (Å²) in [5, 5.41) is 9.69. The number of hydrogen-bond donors (Lipinski definition) is 0. The zero-order valence-corrected chi connectivity index (χ0v) is 43.9. The molecule has 0 atom stereocenters. The summed E-state index contributed by atoms with van der Waals surface area (Å²) in [4.78, 5) is 14.3. The fourth-order valence-electron chi connectivity index (χ4n) is 13.0. The zero-order chi connectivity index (χ0) is 51.7. The van der Waals surface area contributed by atoms with Crippen LogP contribution in [0.15, 0.2) is 265 Å². The number of furan rings is 1. The Labute approximate surface area is 449 Å². The van der Waals surface area contributed by atoms with E-state index in [4.69, 9.17) is 9.15 Å². The van der Waals surface area contributed by atoms with Crippen LogP contribution in [-0.2, 0) is 5.41 Å². The molecule has 14 rings (SSSR count). The van der Waals surface area contributed by atoms with Gasteiger partial charge in [-0.25, -0.2) is 4.79 Å². The maximum atomic E-state index is 14.3. The maximum Gasteiger partial charge on any atom is 0.343 e. The fourth-order valence-corrected chi connectivity index (χ4v) is 17.8. The van der Waals surface area contributed by atoms with Crippen molar-refractivity contribution < 1.29 is 13.9 Å². The summed E-state index contributed by atoms with van der Waals surface area (Å²) < 4.78 is 15.1. The van der Waals surface area contributed by atoms with Crippen LogP contribution in [0.5, 0.6) is 5.75 Å². The van der Waals surface area contributed by atoms with Gasteiger partial charge in [0, 0.05) is 32.6 Å². The normalized spacial score (nSPS) is 12.8. The van der Waals surface area contributed by atoms with Crippen LogP contribution in [0, 0.1) is 0 Å². The third-order valence-electron chi connectivity index (χ3n) is 16.7. The van der Waals surface area contributed by atoms with Crippen molar-refractivity contribution in [2.45, 2.75) is 32.1 Å². The van der Waals surface area contributed by atoms with Crippen molar-refractivity contribution in [2.24, 2.45) is 0 Å². The van der Waals surface area contributed by atoms with E-state index in [9.17, 15) is 4.79 Å². The minimum Gasteiger partial charge on any atom is -0.456 e. The molecular weight excluding hydrogens is 955 g/mol. The Morgan fingerprint density at radius 2 is 0.922 bits per heavy atom. The molecule has 11 aromatic carbocycles. The summed E-state index contributed by atoms with van der Waals surface area (Å²) in [6.45, 7) is 4.53. The molecule has 0 fully saturated rings. The first-order valence-electron chi connectivity index (χ1n) is 26.8. The Morgan fingerprint density at radius 1 is 0.429 bits per heavy atom. The average Bonchev–Trinajstić information content (AvgIpc) is 4.29. The molecule has 13 aromatic rings. The number of nitrogens with zero attached hydrogens (tertiary/aromatic N) is 1. The summed E-state index contributed by atoms with van der Waals surface area (Å²) in [5.74, 6) is 0.0798. The summed E-state index contributed by atoms with van der Waals surface area (Å²) in [7, 11) is -2.72. The van der Waals surface area contributed by atoms with E-state index in [0.717, 1.165) is 62.7 Å². The van der Waals surface area contributed by atoms with Crippen LogP contribution >= 0.6 is 0 Å². The fraction of sp³-hybridized carbons (Fsp3) is 0.0694. The predicted octanol–water partition coefficient (Wildman–Crippen LogP) is 15.7. The third kappa shape index (κ3) is 7.37. The number of aromatic nitrogens is 1. The minimum absolute atomic E-state index is 0.272. The number of fused-ring (bicyclic) bond motifs is 9. The van der Waals surface area contributed by atoms with Crippen molar-refractivity contribution in [2.75, 3.05) is 0 Å². The van der Waals surface area contributed by atoms with E-state index in [2.05, 4.69) is 249 Å². The Bertz CT molecular complexity index is 4270. The van der Waals surface area contributed by atoms with Crippen LogP contribution in [-0.4, -0.2) is 18.6 Å². The highest BCUT2D eigenvalue weighted by Crippen LogP contribution is 2.54. The lowest BCUT2D eigenvalue weighted by Gasteiger charge is -2.34. The van der Waals surface area contributed by atoms with Crippen molar-refractivity contribution in [3.63, 3.8) is 0 Å². The molecule has 77 heavy (non-hydrogen) atoms. The Hall–Kier alpha value is -9.29. The van der Waals surface area contributed by atoms with E-state index >= 15 is 0 Å². The second-order valence-electron chi connectivity index (χ2n) is 20.5. The van der Waals surface area contributed by atoms with Crippen LogP contribution in [0.1, 0.15) is 48.2 Å². The number of carbonyl (C=O) groups excluding carboxylic acids is 1. The first-order valence-corrected chi connectivity index (χ1v) is 28.8. The van der Waals surface area contributed by atoms with Gasteiger partial charge in [-0.3, -0.25) is 0 Å². The molecule has 2 heterocycles. The van der Waals surface area contributed by atoms with Crippen LogP contribution < -0.4 is 25.5 Å². The summed E-state index contributed by atoms with van der Waals surface area (Å²) >= 11 is 0. The van der Waals surface area contributed by atoms with Crippen LogP contribution in [0.3, 0.4) is 0 Å². The van der Waals surface area contributed by atoms with Crippen LogP contribution in [0.2, 0.25) is 0 Å². The monoisotopic (exact) mass is 1010 g/mol. The molecule has 0 saturated carbocycles. The SMILES string of the molecule is CCC1(CC)c2cc(C(=O)Oc3ccc4oc5ccc(-c6cccc(-c7cccc([Si](c8ccccc8)(c8ccccc8)c8ccccc8)c7)c6)cc5c4c3)ccc2-c2ccc(-n3c4ccccc4c4ccccc43)cc21. The van der Waals surface area contributed by atoms with Gasteiger partial charge in [-0.1, -0.05) is 202 Å². The molecule has 4 nitrogen and oxygen atoms in total. The van der Waals surface area contributed by atoms with Gasteiger partial charge in [-0.15, -0.1) is 0 Å². The van der Waals surface area contributed by atoms with Crippen molar-refractivity contribution in [3.05, 3.63) is 278 Å². The number of benzene rings is 11. The molecule has 2 aromatic heterocycles. The van der Waals surface area contributed by atoms with Crippen LogP contribution in [0.25, 0.3) is 82.8 Å². The topological polar surface area (TPSA) is 44.4 Å². The number of ether oxygens (including phenoxy) is 1. The highest BCUT2D eigenvalue weighted by atomic mass is 28.3. The number of esters is 1. The first kappa shape index (κ1) is 46.3. The summed E-state index contributed by atoms with van der Waals surface area (Å²) in [6, 6.07) is 93.6. The molecule has 0 unspecified atom stereocenters. The number of para-hydroxylation sites is 2. The average molecular weight is 1010 g/mol. The molecule has 5 heteroatoms. The molecule has 1 aliphatic rings. The molecule has 0 saturated heterocycles. The van der Waals surface area contributed by atoms with E-state index < -0.39 is 8.07 Å². The Morgan fingerprint density at radius 3 is 1.53 bits per heavy atom. The third-order valence-corrected chi connectivity index (χ3v) is 21.5. The van der Waals surface area contributed by atoms with Gasteiger partial charge in [0.05, 0.1) is 16.6 Å². The lowest BCUT2D eigenvalue weighted by Crippen LogP contribution is -2.74. The minimum atomic E-state index is -2.72. The number of rotatable bonds is 11. The predicted molar refractivity (Wildman–Crippen MR) is 321 cm³/mol. The first-order chi connectivity index (χ1) is 37.9. The molecule has 368 valence electrons. The second kappa shape index (κ2) is 18.5. The zero-order valence-electron chi connectivity index (χ0n) is 42.9. The smallest absolute Gasteiger partial charge is 0.343 e. The summed E-state index contributed by atoms with van der Waals surface area (Å²) in [5.41, 5.74) is 14.6. The van der Waals surface area contributed by atoms with Gasteiger partial charge < -0.3 is 13.7 Å². The van der Waals surface area contributed by atoms with Crippen molar-refractivity contribution >= 4 is 78.5 Å². The van der Waals surface area contributed by atoms with Gasteiger partial charge in [0.2, 0.25) is 0 Å². The van der Waals surface area contributed by atoms with Gasteiger partial charge in [0.15, 0.2) is 8.07 Å². The molecule has 0 bridgehead atoms. The number of carbonyl (C=O) groups is 1. The lowest BCUT2D eigenvalue weighted by atomic mass is 9.73. The van der Waals surface area contributed by atoms with Crippen LogP contribution in [0.4, 0.5) is 0 Å². The van der Waals surface area contributed by atoms with Gasteiger partial charge in [0.1, 0.15) is 16.9 Å².